The van der Waals surface area contributed by atoms with Crippen molar-refractivity contribution in [3.63, 3.8) is 0 Å². The van der Waals surface area contributed by atoms with Gasteiger partial charge in [-0.25, -0.2) is 13.2 Å². The molecular weight excluding hydrogens is 308 g/mol. The summed E-state index contributed by atoms with van der Waals surface area (Å²) >= 11 is 0. The van der Waals surface area contributed by atoms with Gasteiger partial charge in [0.25, 0.3) is 5.56 Å². The molecular formula is C13H16N4O4S. The fraction of sp³-hybridized carbons (Fsp3) is 0.385. The first-order valence-electron chi connectivity index (χ1n) is 6.88. The van der Waals surface area contributed by atoms with E-state index in [0.717, 1.165) is 0 Å². The molecule has 1 atom stereocenters. The van der Waals surface area contributed by atoms with Crippen molar-refractivity contribution < 1.29 is 8.42 Å². The number of hydrogen-bond donors (Lipinski definition) is 3. The Bertz CT molecular complexity index is 931. The summed E-state index contributed by atoms with van der Waals surface area (Å²) in [6.45, 7) is 3.38. The summed E-state index contributed by atoms with van der Waals surface area (Å²) in [5.74, 6) is 0. The van der Waals surface area contributed by atoms with Crippen molar-refractivity contribution in [1.82, 2.24) is 19.6 Å². The molecule has 2 heterocycles. The van der Waals surface area contributed by atoms with Crippen molar-refractivity contribution in [3.05, 3.63) is 39.0 Å². The number of aromatic nitrogens is 2. The van der Waals surface area contributed by atoms with Crippen LogP contribution in [0.15, 0.2) is 32.7 Å². The van der Waals surface area contributed by atoms with Crippen LogP contribution in [0, 0.1) is 0 Å². The van der Waals surface area contributed by atoms with Crippen LogP contribution in [-0.4, -0.2) is 48.4 Å². The number of nitrogens with one attached hydrogen (secondary N) is 3. The average Bonchev–Trinajstić information content (AvgIpc) is 2.47. The van der Waals surface area contributed by atoms with E-state index in [1.54, 1.807) is 0 Å². The third-order valence-electron chi connectivity index (χ3n) is 3.76. The molecule has 3 N–H and O–H groups in total. The van der Waals surface area contributed by atoms with E-state index >= 15 is 0 Å². The van der Waals surface area contributed by atoms with Gasteiger partial charge in [-0.3, -0.25) is 9.78 Å². The number of sulfonamides is 1. The van der Waals surface area contributed by atoms with Gasteiger partial charge in [-0.1, -0.05) is 0 Å². The summed E-state index contributed by atoms with van der Waals surface area (Å²) in [4.78, 5) is 27.7. The molecule has 118 valence electrons. The highest BCUT2D eigenvalue weighted by molar-refractivity contribution is 7.89. The molecule has 1 fully saturated rings. The monoisotopic (exact) mass is 324 g/mol. The third kappa shape index (κ3) is 2.47. The van der Waals surface area contributed by atoms with Crippen LogP contribution in [0.2, 0.25) is 0 Å². The number of nitrogens with zero attached hydrogens (tertiary/aromatic N) is 1. The normalized spacial score (nSPS) is 20.3. The van der Waals surface area contributed by atoms with Crippen LogP contribution in [0.3, 0.4) is 0 Å². The fourth-order valence-electron chi connectivity index (χ4n) is 2.62. The maximum atomic E-state index is 12.7. The number of benzene rings is 1. The van der Waals surface area contributed by atoms with E-state index in [-0.39, 0.29) is 16.3 Å². The Morgan fingerprint density at radius 2 is 2.00 bits per heavy atom. The summed E-state index contributed by atoms with van der Waals surface area (Å²) in [6, 6.07) is 3.98. The van der Waals surface area contributed by atoms with E-state index in [1.807, 2.05) is 6.92 Å². The van der Waals surface area contributed by atoms with Gasteiger partial charge in [-0.15, -0.1) is 0 Å². The fourth-order valence-corrected chi connectivity index (χ4v) is 4.28. The van der Waals surface area contributed by atoms with Crippen LogP contribution in [0.25, 0.3) is 10.9 Å². The molecule has 1 aliphatic rings. The molecule has 0 radical (unpaired) electrons. The summed E-state index contributed by atoms with van der Waals surface area (Å²) in [5, 5.41) is 3.27. The molecule has 8 nitrogen and oxygen atoms in total. The molecule has 0 bridgehead atoms. The SMILES string of the molecule is C[C@@H]1CNCCN1S(=O)(=O)c1ccc2[nH]c(=O)[nH]c(=O)c2c1. The van der Waals surface area contributed by atoms with Crippen LogP contribution < -0.4 is 16.6 Å². The molecule has 9 heteroatoms. The predicted octanol–water partition coefficient (Wildman–Crippen LogP) is -0.801. The van der Waals surface area contributed by atoms with Gasteiger partial charge in [0.05, 0.1) is 15.8 Å². The van der Waals surface area contributed by atoms with Crippen molar-refractivity contribution in [1.29, 1.82) is 0 Å². The quantitative estimate of drug-likeness (QED) is 0.669. The first-order chi connectivity index (χ1) is 10.4. The molecule has 0 saturated carbocycles. The summed E-state index contributed by atoms with van der Waals surface area (Å²) in [7, 11) is -3.68. The minimum absolute atomic E-state index is 0.0475. The number of hydrogen-bond acceptors (Lipinski definition) is 5. The smallest absolute Gasteiger partial charge is 0.314 e. The summed E-state index contributed by atoms with van der Waals surface area (Å²) in [6.07, 6.45) is 0. The lowest BCUT2D eigenvalue weighted by Gasteiger charge is -2.32. The molecule has 3 rings (SSSR count). The highest BCUT2D eigenvalue weighted by atomic mass is 32.2. The second kappa shape index (κ2) is 5.34. The number of piperazine rings is 1. The van der Waals surface area contributed by atoms with E-state index in [1.165, 1.54) is 22.5 Å². The lowest BCUT2D eigenvalue weighted by molar-refractivity contribution is 0.284. The summed E-state index contributed by atoms with van der Waals surface area (Å²) < 4.78 is 26.9. The van der Waals surface area contributed by atoms with Gasteiger partial charge < -0.3 is 10.3 Å². The number of rotatable bonds is 2. The minimum Gasteiger partial charge on any atom is -0.314 e. The molecule has 2 aromatic rings. The largest absolute Gasteiger partial charge is 0.326 e. The second-order valence-corrected chi connectivity index (χ2v) is 7.18. The van der Waals surface area contributed by atoms with E-state index in [4.69, 9.17) is 0 Å². The minimum atomic E-state index is -3.68. The molecule has 22 heavy (non-hydrogen) atoms. The lowest BCUT2D eigenvalue weighted by atomic mass is 10.2. The van der Waals surface area contributed by atoms with Crippen molar-refractivity contribution in [2.45, 2.75) is 17.9 Å². The molecule has 1 saturated heterocycles. The first kappa shape index (κ1) is 14.9. The summed E-state index contributed by atoms with van der Waals surface area (Å²) in [5.41, 5.74) is -0.922. The molecule has 0 amide bonds. The lowest BCUT2D eigenvalue weighted by Crippen LogP contribution is -2.52. The first-order valence-corrected chi connectivity index (χ1v) is 8.32. The number of aromatic amines is 2. The van der Waals surface area contributed by atoms with Gasteiger partial charge in [-0.05, 0) is 25.1 Å². The van der Waals surface area contributed by atoms with E-state index < -0.39 is 21.3 Å². The zero-order chi connectivity index (χ0) is 15.9. The van der Waals surface area contributed by atoms with Gasteiger partial charge in [0.2, 0.25) is 10.0 Å². The van der Waals surface area contributed by atoms with Crippen LogP contribution in [0.5, 0.6) is 0 Å². The van der Waals surface area contributed by atoms with Crippen LogP contribution in [0.4, 0.5) is 0 Å². The molecule has 1 aliphatic heterocycles. The van der Waals surface area contributed by atoms with E-state index in [9.17, 15) is 18.0 Å². The average molecular weight is 324 g/mol. The van der Waals surface area contributed by atoms with Gasteiger partial charge >= 0.3 is 5.69 Å². The highest BCUT2D eigenvalue weighted by Gasteiger charge is 2.31. The zero-order valence-corrected chi connectivity index (χ0v) is 12.7. The molecule has 0 spiro atoms. The molecule has 0 aliphatic carbocycles. The Balaban J connectivity index is 2.13. The maximum absolute atomic E-state index is 12.7. The molecule has 1 aromatic carbocycles. The Kier molecular flexibility index (Phi) is 3.63. The predicted molar refractivity (Wildman–Crippen MR) is 81.4 cm³/mol. The Hall–Kier alpha value is -1.97. The van der Waals surface area contributed by atoms with Crippen molar-refractivity contribution >= 4 is 20.9 Å². The Labute approximate surface area is 126 Å². The van der Waals surface area contributed by atoms with Gasteiger partial charge in [0.1, 0.15) is 0 Å². The highest BCUT2D eigenvalue weighted by Crippen LogP contribution is 2.21. The molecule has 1 aromatic heterocycles. The maximum Gasteiger partial charge on any atom is 0.326 e. The zero-order valence-electron chi connectivity index (χ0n) is 11.9. The second-order valence-electron chi connectivity index (χ2n) is 5.28. The third-order valence-corrected chi connectivity index (χ3v) is 5.77. The van der Waals surface area contributed by atoms with Crippen LogP contribution in [-0.2, 0) is 10.0 Å². The van der Waals surface area contributed by atoms with E-state index in [2.05, 4.69) is 15.3 Å². The van der Waals surface area contributed by atoms with E-state index in [0.29, 0.717) is 25.2 Å². The number of H-pyrrole nitrogens is 2. The topological polar surface area (TPSA) is 115 Å². The van der Waals surface area contributed by atoms with Crippen molar-refractivity contribution in [2.24, 2.45) is 0 Å². The Morgan fingerprint density at radius 3 is 2.73 bits per heavy atom. The Morgan fingerprint density at radius 1 is 1.23 bits per heavy atom. The van der Waals surface area contributed by atoms with Gasteiger partial charge in [0.15, 0.2) is 0 Å². The standard InChI is InChI=1S/C13H16N4O4S/c1-8-7-14-4-5-17(8)22(20,21)9-2-3-11-10(6-9)12(18)16-13(19)15-11/h2-3,6,8,14H,4-5,7H2,1H3,(H2,15,16,18,19)/t8-/m1/s1. The molecule has 0 unspecified atom stereocenters. The van der Waals surface area contributed by atoms with Crippen LogP contribution in [0.1, 0.15) is 6.92 Å². The van der Waals surface area contributed by atoms with Crippen molar-refractivity contribution in [2.75, 3.05) is 19.6 Å². The van der Waals surface area contributed by atoms with Crippen LogP contribution >= 0.6 is 0 Å². The van der Waals surface area contributed by atoms with Gasteiger partial charge in [-0.2, -0.15) is 4.31 Å². The number of fused-ring (bicyclic) bond motifs is 1. The van der Waals surface area contributed by atoms with Crippen molar-refractivity contribution in [3.8, 4) is 0 Å². The van der Waals surface area contributed by atoms with Gasteiger partial charge in [0, 0.05) is 25.7 Å².